The van der Waals surface area contributed by atoms with Gasteiger partial charge in [0.1, 0.15) is 5.78 Å². The molecule has 2 fully saturated rings. The first-order valence-corrected chi connectivity index (χ1v) is 10.9. The van der Waals surface area contributed by atoms with Gasteiger partial charge < -0.3 is 0 Å². The summed E-state index contributed by atoms with van der Waals surface area (Å²) in [6.45, 7) is 4.33. The summed E-state index contributed by atoms with van der Waals surface area (Å²) in [5, 5.41) is 1.07. The fourth-order valence-electron chi connectivity index (χ4n) is 4.55. The zero-order valence-electron chi connectivity index (χ0n) is 14.4. The highest BCUT2D eigenvalue weighted by atomic mass is 35.5. The highest BCUT2D eigenvalue weighted by Crippen LogP contribution is 2.64. The molecule has 0 aromatic heterocycles. The van der Waals surface area contributed by atoms with Crippen molar-refractivity contribution in [2.24, 2.45) is 16.7 Å². The van der Waals surface area contributed by atoms with Crippen LogP contribution < -0.4 is 4.72 Å². The third kappa shape index (κ3) is 3.36. The van der Waals surface area contributed by atoms with Crippen molar-refractivity contribution < 1.29 is 13.2 Å². The molecule has 0 spiro atoms. The SMILES string of the molecule is CC1(C)[C@@H]2CC[C@@]1(CS(=O)(=O)NCCc1ccc(Cl)cc1Cl)C(=O)C2. The molecule has 138 valence electrons. The molecule has 2 bridgehead atoms. The van der Waals surface area contributed by atoms with Gasteiger partial charge in [0.2, 0.25) is 10.0 Å². The van der Waals surface area contributed by atoms with Gasteiger partial charge in [0.15, 0.2) is 0 Å². The Morgan fingerprint density at radius 3 is 2.56 bits per heavy atom. The number of rotatable bonds is 6. The quantitative estimate of drug-likeness (QED) is 0.784. The van der Waals surface area contributed by atoms with E-state index < -0.39 is 15.4 Å². The number of carbonyl (C=O) groups excluding carboxylic acids is 1. The third-order valence-corrected chi connectivity index (χ3v) is 8.41. The van der Waals surface area contributed by atoms with Crippen LogP contribution in [0.4, 0.5) is 0 Å². The molecule has 0 amide bonds. The summed E-state index contributed by atoms with van der Waals surface area (Å²) >= 11 is 12.0. The summed E-state index contributed by atoms with van der Waals surface area (Å²) in [5.41, 5.74) is -0.148. The summed E-state index contributed by atoms with van der Waals surface area (Å²) in [6.07, 6.45) is 2.60. The van der Waals surface area contributed by atoms with Crippen molar-refractivity contribution in [3.05, 3.63) is 33.8 Å². The predicted octanol–water partition coefficient (Wildman–Crippen LogP) is 3.85. The number of nitrogens with one attached hydrogen (secondary N) is 1. The number of carbonyl (C=O) groups is 1. The molecule has 1 aromatic rings. The van der Waals surface area contributed by atoms with Crippen LogP contribution in [0.5, 0.6) is 0 Å². The molecule has 2 aliphatic carbocycles. The Morgan fingerprint density at radius 1 is 1.28 bits per heavy atom. The Labute approximate surface area is 159 Å². The van der Waals surface area contributed by atoms with E-state index in [2.05, 4.69) is 4.72 Å². The van der Waals surface area contributed by atoms with E-state index in [0.29, 0.717) is 35.2 Å². The molecule has 4 nitrogen and oxygen atoms in total. The summed E-state index contributed by atoms with van der Waals surface area (Å²) in [6, 6.07) is 5.17. The van der Waals surface area contributed by atoms with Crippen molar-refractivity contribution in [1.29, 1.82) is 0 Å². The number of ketones is 1. The maximum Gasteiger partial charge on any atom is 0.212 e. The molecule has 2 saturated carbocycles. The van der Waals surface area contributed by atoms with Crippen LogP contribution in [-0.4, -0.2) is 26.5 Å². The molecule has 2 aliphatic rings. The van der Waals surface area contributed by atoms with Crippen LogP contribution in [0.1, 0.15) is 38.7 Å². The first kappa shape index (κ1) is 19.2. The maximum atomic E-state index is 12.6. The lowest BCUT2D eigenvalue weighted by molar-refractivity contribution is -0.128. The van der Waals surface area contributed by atoms with Crippen LogP contribution in [0, 0.1) is 16.7 Å². The number of sulfonamides is 1. The topological polar surface area (TPSA) is 63.2 Å². The molecule has 0 heterocycles. The van der Waals surface area contributed by atoms with E-state index in [1.54, 1.807) is 18.2 Å². The fourth-order valence-corrected chi connectivity index (χ4v) is 6.89. The predicted molar refractivity (Wildman–Crippen MR) is 101 cm³/mol. The van der Waals surface area contributed by atoms with E-state index in [4.69, 9.17) is 23.2 Å². The van der Waals surface area contributed by atoms with Gasteiger partial charge in [-0.25, -0.2) is 13.1 Å². The van der Waals surface area contributed by atoms with Crippen LogP contribution in [-0.2, 0) is 21.2 Å². The Kier molecular flexibility index (Phi) is 4.99. The van der Waals surface area contributed by atoms with Gasteiger partial charge in [-0.15, -0.1) is 0 Å². The molecule has 0 radical (unpaired) electrons. The Balaban J connectivity index is 1.66. The molecule has 1 N–H and O–H groups in total. The molecule has 25 heavy (non-hydrogen) atoms. The molecule has 0 unspecified atom stereocenters. The highest BCUT2D eigenvalue weighted by molar-refractivity contribution is 7.89. The normalized spacial score (nSPS) is 27.8. The van der Waals surface area contributed by atoms with Gasteiger partial charge in [-0.1, -0.05) is 43.1 Å². The van der Waals surface area contributed by atoms with Crippen molar-refractivity contribution in [2.45, 2.75) is 39.5 Å². The van der Waals surface area contributed by atoms with E-state index in [0.717, 1.165) is 12.0 Å². The molecular formula is C18H23Cl2NO3S. The first-order valence-electron chi connectivity index (χ1n) is 8.52. The van der Waals surface area contributed by atoms with Crippen LogP contribution >= 0.6 is 23.2 Å². The van der Waals surface area contributed by atoms with E-state index in [-0.39, 0.29) is 23.5 Å². The maximum absolute atomic E-state index is 12.6. The second kappa shape index (κ2) is 6.52. The van der Waals surface area contributed by atoms with E-state index in [1.807, 2.05) is 13.8 Å². The number of Topliss-reactive ketones (excluding diaryl/α,β-unsaturated/α-hetero) is 1. The van der Waals surface area contributed by atoms with Gasteiger partial charge in [0.25, 0.3) is 0 Å². The average molecular weight is 404 g/mol. The molecular weight excluding hydrogens is 381 g/mol. The summed E-state index contributed by atoms with van der Waals surface area (Å²) in [5.74, 6) is 0.305. The molecule has 0 saturated heterocycles. The van der Waals surface area contributed by atoms with Crippen LogP contribution in [0.3, 0.4) is 0 Å². The summed E-state index contributed by atoms with van der Waals surface area (Å²) in [4.78, 5) is 12.5. The Morgan fingerprint density at radius 2 is 2.00 bits per heavy atom. The highest BCUT2D eigenvalue weighted by Gasteiger charge is 2.65. The van der Waals surface area contributed by atoms with E-state index in [9.17, 15) is 13.2 Å². The summed E-state index contributed by atoms with van der Waals surface area (Å²) < 4.78 is 27.9. The summed E-state index contributed by atoms with van der Waals surface area (Å²) in [7, 11) is -3.54. The lowest BCUT2D eigenvalue weighted by Crippen LogP contribution is -2.45. The second-order valence-corrected chi connectivity index (χ2v) is 10.5. The number of benzene rings is 1. The minimum absolute atomic E-state index is 0.111. The standard InChI is InChI=1S/C18H23Cl2NO3S/c1-17(2)13-5-7-18(17,16(22)9-13)11-25(23,24)21-8-6-12-3-4-14(19)10-15(12)20/h3-4,10,13,21H,5-9,11H2,1-2H3/t13-,18-/m1/s1. The third-order valence-electron chi connectivity index (χ3n) is 6.31. The molecule has 7 heteroatoms. The first-order chi connectivity index (χ1) is 11.6. The van der Waals surface area contributed by atoms with Crippen molar-refractivity contribution in [2.75, 3.05) is 12.3 Å². The van der Waals surface area contributed by atoms with Gasteiger partial charge >= 0.3 is 0 Å². The molecule has 0 aliphatic heterocycles. The Hall–Kier alpha value is -0.620. The lowest BCUT2D eigenvalue weighted by atomic mass is 9.70. The zero-order chi connectivity index (χ0) is 18.5. The number of fused-ring (bicyclic) bond motifs is 2. The van der Waals surface area contributed by atoms with Gasteiger partial charge in [0, 0.05) is 28.4 Å². The zero-order valence-corrected chi connectivity index (χ0v) is 16.8. The largest absolute Gasteiger partial charge is 0.299 e. The Bertz CT molecular complexity index is 807. The van der Waals surface area contributed by atoms with Crippen molar-refractivity contribution in [1.82, 2.24) is 4.72 Å². The minimum atomic E-state index is -3.54. The van der Waals surface area contributed by atoms with Gasteiger partial charge in [-0.05, 0) is 48.3 Å². The average Bonchev–Trinajstić information content (AvgIpc) is 2.83. The minimum Gasteiger partial charge on any atom is -0.299 e. The van der Waals surface area contributed by atoms with Crippen molar-refractivity contribution in [3.63, 3.8) is 0 Å². The van der Waals surface area contributed by atoms with Gasteiger partial charge in [-0.2, -0.15) is 0 Å². The monoisotopic (exact) mass is 403 g/mol. The number of halogens is 2. The van der Waals surface area contributed by atoms with Crippen LogP contribution in [0.2, 0.25) is 10.0 Å². The van der Waals surface area contributed by atoms with Crippen LogP contribution in [0.15, 0.2) is 18.2 Å². The molecule has 1 aromatic carbocycles. The van der Waals surface area contributed by atoms with Crippen LogP contribution in [0.25, 0.3) is 0 Å². The lowest BCUT2D eigenvalue weighted by Gasteiger charge is -2.36. The smallest absolute Gasteiger partial charge is 0.212 e. The fraction of sp³-hybridized carbons (Fsp3) is 0.611. The van der Waals surface area contributed by atoms with Gasteiger partial charge in [0.05, 0.1) is 5.75 Å². The number of hydrogen-bond acceptors (Lipinski definition) is 3. The van der Waals surface area contributed by atoms with E-state index in [1.165, 1.54) is 0 Å². The van der Waals surface area contributed by atoms with E-state index >= 15 is 0 Å². The molecule has 2 atom stereocenters. The van der Waals surface area contributed by atoms with Crippen molar-refractivity contribution in [3.8, 4) is 0 Å². The second-order valence-electron chi connectivity index (χ2n) is 7.81. The van der Waals surface area contributed by atoms with Crippen molar-refractivity contribution >= 4 is 39.0 Å². The molecule has 3 rings (SSSR count). The number of hydrogen-bond donors (Lipinski definition) is 1. The van der Waals surface area contributed by atoms with Gasteiger partial charge in [-0.3, -0.25) is 4.79 Å².